The van der Waals surface area contributed by atoms with Crippen LogP contribution in [0.25, 0.3) is 54.8 Å². The third kappa shape index (κ3) is 2.83. The fourth-order valence-corrected chi connectivity index (χ4v) is 4.65. The van der Waals surface area contributed by atoms with E-state index in [-0.39, 0.29) is 0 Å². The molecule has 0 aliphatic heterocycles. The van der Waals surface area contributed by atoms with Gasteiger partial charge >= 0.3 is 0 Å². The molecule has 0 fully saturated rings. The average molecular weight is 412 g/mol. The molecule has 0 spiro atoms. The molecule has 0 atom stereocenters. The summed E-state index contributed by atoms with van der Waals surface area (Å²) >= 11 is 0. The number of aromatic nitrogens is 2. The van der Waals surface area contributed by atoms with Gasteiger partial charge in [0.15, 0.2) is 0 Å². The summed E-state index contributed by atoms with van der Waals surface area (Å²) in [5.41, 5.74) is 5.44. The number of hydrogen-bond donors (Lipinski definition) is 0. The third-order valence-corrected chi connectivity index (χ3v) is 6.08. The van der Waals surface area contributed by atoms with E-state index in [4.69, 9.17) is 9.72 Å². The second kappa shape index (κ2) is 7.47. The van der Waals surface area contributed by atoms with Gasteiger partial charge in [-0.05, 0) is 63.0 Å². The van der Waals surface area contributed by atoms with Crippen molar-refractivity contribution in [1.82, 2.24) is 9.97 Å². The SMILES string of the molecule is COc1ccc(-c2c3ccccc3c(-c3nccc4ncccc34)c3ccccc23)cc1. The first-order valence-electron chi connectivity index (χ1n) is 10.6. The lowest BCUT2D eigenvalue weighted by Crippen LogP contribution is -1.94. The molecule has 152 valence electrons. The zero-order valence-electron chi connectivity index (χ0n) is 17.6. The van der Waals surface area contributed by atoms with Gasteiger partial charge in [0, 0.05) is 23.3 Å². The monoisotopic (exact) mass is 412 g/mol. The number of nitrogens with zero attached hydrogens (tertiary/aromatic N) is 2. The van der Waals surface area contributed by atoms with Gasteiger partial charge in [-0.1, -0.05) is 60.7 Å². The quantitative estimate of drug-likeness (QED) is 0.287. The highest BCUT2D eigenvalue weighted by Gasteiger charge is 2.18. The molecule has 0 unspecified atom stereocenters. The van der Waals surface area contributed by atoms with E-state index < -0.39 is 0 Å². The number of pyridine rings is 2. The lowest BCUT2D eigenvalue weighted by atomic mass is 9.86. The minimum Gasteiger partial charge on any atom is -0.497 e. The van der Waals surface area contributed by atoms with Crippen molar-refractivity contribution >= 4 is 32.4 Å². The van der Waals surface area contributed by atoms with Crippen molar-refractivity contribution in [2.75, 3.05) is 7.11 Å². The standard InChI is InChI=1S/C29H20N2O/c1-32-20-14-12-19(13-15-20)27-21-7-2-4-9-23(21)28(24-10-5-3-8-22(24)27)29-25-11-6-17-30-26(25)16-18-31-29/h2-18H,1H3. The first-order chi connectivity index (χ1) is 15.8. The van der Waals surface area contributed by atoms with E-state index in [0.29, 0.717) is 0 Å². The van der Waals surface area contributed by atoms with Crippen LogP contribution in [0.3, 0.4) is 0 Å². The second-order valence-corrected chi connectivity index (χ2v) is 7.80. The fraction of sp³-hybridized carbons (Fsp3) is 0.0345. The summed E-state index contributed by atoms with van der Waals surface area (Å²) in [6.45, 7) is 0. The second-order valence-electron chi connectivity index (χ2n) is 7.80. The van der Waals surface area contributed by atoms with Gasteiger partial charge < -0.3 is 4.74 Å². The van der Waals surface area contributed by atoms with Crippen LogP contribution in [0.15, 0.2) is 103 Å². The Bertz CT molecular complexity index is 1540. The number of ether oxygens (including phenoxy) is 1. The van der Waals surface area contributed by atoms with Gasteiger partial charge in [-0.25, -0.2) is 0 Å². The molecule has 0 aliphatic carbocycles. The smallest absolute Gasteiger partial charge is 0.118 e. The zero-order valence-corrected chi connectivity index (χ0v) is 17.6. The summed E-state index contributed by atoms with van der Waals surface area (Å²) in [6.07, 6.45) is 3.68. The largest absolute Gasteiger partial charge is 0.497 e. The van der Waals surface area contributed by atoms with E-state index in [1.807, 2.05) is 36.7 Å². The Morgan fingerprint density at radius 2 is 1.12 bits per heavy atom. The number of fused-ring (bicyclic) bond motifs is 3. The fourth-order valence-electron chi connectivity index (χ4n) is 4.65. The summed E-state index contributed by atoms with van der Waals surface area (Å²) in [4.78, 5) is 9.40. The van der Waals surface area contributed by atoms with Crippen LogP contribution in [0, 0.1) is 0 Å². The number of hydrogen-bond acceptors (Lipinski definition) is 3. The topological polar surface area (TPSA) is 35.0 Å². The first-order valence-corrected chi connectivity index (χ1v) is 10.6. The molecule has 0 N–H and O–H groups in total. The number of methoxy groups -OCH3 is 1. The Balaban J connectivity index is 1.78. The molecule has 2 heterocycles. The van der Waals surface area contributed by atoms with Gasteiger partial charge in [0.2, 0.25) is 0 Å². The molecule has 0 radical (unpaired) electrons. The molecule has 3 nitrogen and oxygen atoms in total. The summed E-state index contributed by atoms with van der Waals surface area (Å²) in [7, 11) is 1.70. The van der Waals surface area contributed by atoms with E-state index in [1.54, 1.807) is 7.11 Å². The summed E-state index contributed by atoms with van der Waals surface area (Å²) in [5.74, 6) is 0.853. The molecule has 0 bridgehead atoms. The Morgan fingerprint density at radius 1 is 0.531 bits per heavy atom. The van der Waals surface area contributed by atoms with Gasteiger partial charge in [0.1, 0.15) is 5.75 Å². The molecule has 2 aromatic heterocycles. The van der Waals surface area contributed by atoms with Gasteiger partial charge in [-0.15, -0.1) is 0 Å². The number of benzene rings is 4. The van der Waals surface area contributed by atoms with Crippen LogP contribution in [-0.2, 0) is 0 Å². The van der Waals surface area contributed by atoms with Crippen LogP contribution in [0.4, 0.5) is 0 Å². The lowest BCUT2D eigenvalue weighted by molar-refractivity contribution is 0.415. The van der Waals surface area contributed by atoms with Crippen molar-refractivity contribution in [2.45, 2.75) is 0 Å². The molecular weight excluding hydrogens is 392 g/mol. The molecule has 0 saturated carbocycles. The number of rotatable bonds is 3. The van der Waals surface area contributed by atoms with Crippen LogP contribution in [0.2, 0.25) is 0 Å². The van der Waals surface area contributed by atoms with Crippen molar-refractivity contribution in [1.29, 1.82) is 0 Å². The summed E-state index contributed by atoms with van der Waals surface area (Å²) in [5, 5.41) is 5.83. The maximum absolute atomic E-state index is 5.38. The van der Waals surface area contributed by atoms with Crippen LogP contribution >= 0.6 is 0 Å². The molecule has 3 heteroatoms. The molecular formula is C29H20N2O. The van der Waals surface area contributed by atoms with Crippen molar-refractivity contribution in [3.8, 4) is 28.1 Å². The van der Waals surface area contributed by atoms with Crippen molar-refractivity contribution in [3.63, 3.8) is 0 Å². The van der Waals surface area contributed by atoms with E-state index in [0.717, 1.165) is 33.5 Å². The maximum atomic E-state index is 5.38. The molecule has 0 saturated heterocycles. The Kier molecular flexibility index (Phi) is 4.32. The third-order valence-electron chi connectivity index (χ3n) is 6.08. The molecule has 6 aromatic rings. The normalized spacial score (nSPS) is 11.3. The minimum absolute atomic E-state index is 0.853. The highest BCUT2D eigenvalue weighted by atomic mass is 16.5. The van der Waals surface area contributed by atoms with Gasteiger partial charge in [0.05, 0.1) is 18.3 Å². The van der Waals surface area contributed by atoms with Gasteiger partial charge in [-0.3, -0.25) is 9.97 Å². The van der Waals surface area contributed by atoms with Crippen molar-refractivity contribution in [3.05, 3.63) is 103 Å². The lowest BCUT2D eigenvalue weighted by Gasteiger charge is -2.18. The van der Waals surface area contributed by atoms with Crippen LogP contribution < -0.4 is 4.74 Å². The highest BCUT2D eigenvalue weighted by molar-refractivity contribution is 6.22. The predicted octanol–water partition coefficient (Wildman–Crippen LogP) is 7.28. The van der Waals surface area contributed by atoms with Crippen molar-refractivity contribution < 1.29 is 4.74 Å². The average Bonchev–Trinajstić information content (AvgIpc) is 2.87. The highest BCUT2D eigenvalue weighted by Crippen LogP contribution is 2.44. The molecule has 4 aromatic carbocycles. The van der Waals surface area contributed by atoms with Crippen LogP contribution in [0.1, 0.15) is 0 Å². The summed E-state index contributed by atoms with van der Waals surface area (Å²) in [6, 6.07) is 31.5. The zero-order chi connectivity index (χ0) is 21.5. The van der Waals surface area contributed by atoms with E-state index in [9.17, 15) is 0 Å². The molecule has 0 aliphatic rings. The molecule has 6 rings (SSSR count). The minimum atomic E-state index is 0.853. The predicted molar refractivity (Wildman–Crippen MR) is 132 cm³/mol. The van der Waals surface area contributed by atoms with Gasteiger partial charge in [-0.2, -0.15) is 0 Å². The van der Waals surface area contributed by atoms with E-state index in [1.165, 1.54) is 27.1 Å². The molecule has 32 heavy (non-hydrogen) atoms. The van der Waals surface area contributed by atoms with Crippen LogP contribution in [-0.4, -0.2) is 17.1 Å². The first kappa shape index (κ1) is 18.5. The van der Waals surface area contributed by atoms with Crippen LogP contribution in [0.5, 0.6) is 5.75 Å². The van der Waals surface area contributed by atoms with E-state index in [2.05, 4.69) is 71.7 Å². The summed E-state index contributed by atoms with van der Waals surface area (Å²) < 4.78 is 5.38. The molecule has 0 amide bonds. The van der Waals surface area contributed by atoms with Crippen molar-refractivity contribution in [2.24, 2.45) is 0 Å². The maximum Gasteiger partial charge on any atom is 0.118 e. The Hall–Kier alpha value is -4.24. The van der Waals surface area contributed by atoms with Gasteiger partial charge in [0.25, 0.3) is 0 Å². The van der Waals surface area contributed by atoms with E-state index >= 15 is 0 Å². The Morgan fingerprint density at radius 3 is 1.75 bits per heavy atom. The Labute approximate surface area is 186 Å².